The quantitative estimate of drug-likeness (QED) is 0.325. The third kappa shape index (κ3) is 4.97. The summed E-state index contributed by atoms with van der Waals surface area (Å²) < 4.78 is 7.52. The van der Waals surface area contributed by atoms with Crippen LogP contribution in [0.15, 0.2) is 52.4 Å². The SMILES string of the molecule is COc1ccc(-c2nnc(SCC(=O)Nc3ccc4[nH]c(=O)[nH]c4c3)n2C2CCCCC2C)cc1. The molecule has 2 aromatic heterocycles. The molecule has 2 aromatic carbocycles. The van der Waals surface area contributed by atoms with Crippen molar-refractivity contribution >= 4 is 34.4 Å². The molecule has 1 fully saturated rings. The first kappa shape index (κ1) is 23.2. The number of nitrogens with one attached hydrogen (secondary N) is 3. The summed E-state index contributed by atoms with van der Waals surface area (Å²) in [6.45, 7) is 2.28. The maximum atomic E-state index is 12.7. The number of H-pyrrole nitrogens is 2. The van der Waals surface area contributed by atoms with Crippen molar-refractivity contribution in [2.24, 2.45) is 5.92 Å². The summed E-state index contributed by atoms with van der Waals surface area (Å²) in [5.74, 6) is 2.16. The summed E-state index contributed by atoms with van der Waals surface area (Å²) in [6, 6.07) is 13.4. The largest absolute Gasteiger partial charge is 0.497 e. The van der Waals surface area contributed by atoms with Gasteiger partial charge < -0.3 is 20.0 Å². The van der Waals surface area contributed by atoms with Gasteiger partial charge in [0.25, 0.3) is 0 Å². The minimum Gasteiger partial charge on any atom is -0.497 e. The fourth-order valence-corrected chi connectivity index (χ4v) is 5.52. The molecule has 182 valence electrons. The highest BCUT2D eigenvalue weighted by Crippen LogP contribution is 2.39. The molecule has 2 heterocycles. The predicted molar refractivity (Wildman–Crippen MR) is 137 cm³/mol. The van der Waals surface area contributed by atoms with Crippen molar-refractivity contribution in [3.8, 4) is 17.1 Å². The summed E-state index contributed by atoms with van der Waals surface area (Å²) in [6.07, 6.45) is 4.64. The number of benzene rings is 2. The maximum absolute atomic E-state index is 12.7. The number of carbonyl (C=O) groups is 1. The number of methoxy groups -OCH3 is 1. The Labute approximate surface area is 206 Å². The summed E-state index contributed by atoms with van der Waals surface area (Å²) >= 11 is 1.39. The molecule has 1 aliphatic rings. The molecule has 4 aromatic rings. The molecule has 5 rings (SSSR count). The summed E-state index contributed by atoms with van der Waals surface area (Å²) in [5, 5.41) is 12.7. The van der Waals surface area contributed by atoms with Crippen molar-refractivity contribution in [2.75, 3.05) is 18.2 Å². The standard InChI is InChI=1S/C25H28N6O3S/c1-15-5-3-4-6-21(15)31-23(16-7-10-18(34-2)11-8-16)29-30-25(31)35-14-22(32)26-17-9-12-19-20(13-17)28-24(33)27-19/h7-13,15,21H,3-6,14H2,1-2H3,(H,26,32)(H2,27,28,33). The van der Waals surface area contributed by atoms with Crippen LogP contribution in [0.3, 0.4) is 0 Å². The molecule has 0 aliphatic heterocycles. The number of aromatic nitrogens is 5. The zero-order valence-electron chi connectivity index (χ0n) is 19.7. The van der Waals surface area contributed by atoms with E-state index in [1.54, 1.807) is 25.3 Å². The van der Waals surface area contributed by atoms with Crippen molar-refractivity contribution in [1.82, 2.24) is 24.7 Å². The lowest BCUT2D eigenvalue weighted by atomic mass is 9.85. The first-order chi connectivity index (χ1) is 17.0. The van der Waals surface area contributed by atoms with E-state index in [9.17, 15) is 9.59 Å². The molecule has 0 bridgehead atoms. The van der Waals surface area contributed by atoms with Gasteiger partial charge in [-0.1, -0.05) is 31.5 Å². The van der Waals surface area contributed by atoms with Crippen LogP contribution in [0.1, 0.15) is 38.6 Å². The van der Waals surface area contributed by atoms with Crippen LogP contribution < -0.4 is 15.7 Å². The van der Waals surface area contributed by atoms with Crippen LogP contribution in [-0.2, 0) is 4.79 Å². The lowest BCUT2D eigenvalue weighted by Gasteiger charge is -2.31. The number of rotatable bonds is 7. The molecule has 0 saturated heterocycles. The van der Waals surface area contributed by atoms with E-state index in [1.807, 2.05) is 24.3 Å². The van der Waals surface area contributed by atoms with Gasteiger partial charge in [0.15, 0.2) is 11.0 Å². The lowest BCUT2D eigenvalue weighted by molar-refractivity contribution is -0.113. The monoisotopic (exact) mass is 492 g/mol. The fraction of sp³-hybridized carbons (Fsp3) is 0.360. The van der Waals surface area contributed by atoms with Crippen molar-refractivity contribution in [2.45, 2.75) is 43.8 Å². The second kappa shape index (κ2) is 9.99. The van der Waals surface area contributed by atoms with Gasteiger partial charge in [-0.25, -0.2) is 4.79 Å². The maximum Gasteiger partial charge on any atom is 0.323 e. The number of ether oxygens (including phenoxy) is 1. The molecule has 1 amide bonds. The number of aromatic amines is 2. The Morgan fingerprint density at radius 1 is 1.11 bits per heavy atom. The van der Waals surface area contributed by atoms with E-state index in [4.69, 9.17) is 4.74 Å². The topological polar surface area (TPSA) is 118 Å². The molecule has 2 unspecified atom stereocenters. The Morgan fingerprint density at radius 2 is 1.89 bits per heavy atom. The number of anilines is 1. The van der Waals surface area contributed by atoms with Gasteiger partial charge in [0.1, 0.15) is 5.75 Å². The van der Waals surface area contributed by atoms with Crippen molar-refractivity contribution in [3.63, 3.8) is 0 Å². The molecule has 35 heavy (non-hydrogen) atoms. The molecule has 10 heteroatoms. The van der Waals surface area contributed by atoms with Crippen LogP contribution in [0.2, 0.25) is 0 Å². The Morgan fingerprint density at radius 3 is 2.66 bits per heavy atom. The van der Waals surface area contributed by atoms with Crippen LogP contribution >= 0.6 is 11.8 Å². The summed E-state index contributed by atoms with van der Waals surface area (Å²) in [4.78, 5) is 29.6. The molecular formula is C25H28N6O3S. The molecule has 9 nitrogen and oxygen atoms in total. The zero-order chi connectivity index (χ0) is 24.4. The highest BCUT2D eigenvalue weighted by atomic mass is 32.2. The third-order valence-electron chi connectivity index (χ3n) is 6.54. The first-order valence-electron chi connectivity index (χ1n) is 11.8. The third-order valence-corrected chi connectivity index (χ3v) is 7.49. The van der Waals surface area contributed by atoms with E-state index in [2.05, 4.69) is 37.0 Å². The van der Waals surface area contributed by atoms with Gasteiger partial charge in [0, 0.05) is 17.3 Å². The summed E-state index contributed by atoms with van der Waals surface area (Å²) in [7, 11) is 1.65. The molecule has 3 N–H and O–H groups in total. The molecular weight excluding hydrogens is 464 g/mol. The van der Waals surface area contributed by atoms with E-state index in [0.717, 1.165) is 28.7 Å². The van der Waals surface area contributed by atoms with Crippen molar-refractivity contribution in [1.29, 1.82) is 0 Å². The molecule has 2 atom stereocenters. The average molecular weight is 493 g/mol. The van der Waals surface area contributed by atoms with Crippen LogP contribution in [-0.4, -0.2) is 43.5 Å². The molecule has 0 spiro atoms. The van der Waals surface area contributed by atoms with Gasteiger partial charge in [-0.2, -0.15) is 0 Å². The molecule has 0 radical (unpaired) electrons. The van der Waals surface area contributed by atoms with Gasteiger partial charge in [0.05, 0.1) is 23.9 Å². The number of nitrogens with zero attached hydrogens (tertiary/aromatic N) is 3. The zero-order valence-corrected chi connectivity index (χ0v) is 20.5. The van der Waals surface area contributed by atoms with Crippen LogP contribution in [0.5, 0.6) is 5.75 Å². The molecule has 1 saturated carbocycles. The van der Waals surface area contributed by atoms with Gasteiger partial charge in [-0.05, 0) is 61.2 Å². The van der Waals surface area contributed by atoms with Gasteiger partial charge in [-0.3, -0.25) is 9.36 Å². The fourth-order valence-electron chi connectivity index (χ4n) is 4.73. The Kier molecular flexibility index (Phi) is 6.63. The number of hydrogen-bond acceptors (Lipinski definition) is 6. The van der Waals surface area contributed by atoms with Crippen LogP contribution in [0.4, 0.5) is 5.69 Å². The first-order valence-corrected chi connectivity index (χ1v) is 12.7. The number of fused-ring (bicyclic) bond motifs is 1. The van der Waals surface area contributed by atoms with E-state index < -0.39 is 0 Å². The average Bonchev–Trinajstić information content (AvgIpc) is 3.45. The highest BCUT2D eigenvalue weighted by molar-refractivity contribution is 7.99. The Bertz CT molecular complexity index is 1390. The number of amides is 1. The number of imidazole rings is 1. The Balaban J connectivity index is 1.36. The number of hydrogen-bond donors (Lipinski definition) is 3. The van der Waals surface area contributed by atoms with E-state index in [-0.39, 0.29) is 23.4 Å². The summed E-state index contributed by atoms with van der Waals surface area (Å²) in [5.41, 5.74) is 2.67. The van der Waals surface area contributed by atoms with Gasteiger partial charge in [0.2, 0.25) is 5.91 Å². The van der Waals surface area contributed by atoms with Gasteiger partial charge >= 0.3 is 5.69 Å². The van der Waals surface area contributed by atoms with Crippen LogP contribution in [0, 0.1) is 5.92 Å². The normalized spacial score (nSPS) is 18.0. The number of carbonyl (C=O) groups excluding carboxylic acids is 1. The van der Waals surface area contributed by atoms with E-state index in [1.165, 1.54) is 31.0 Å². The second-order valence-electron chi connectivity index (χ2n) is 8.91. The second-order valence-corrected chi connectivity index (χ2v) is 9.85. The van der Waals surface area contributed by atoms with Crippen molar-refractivity contribution in [3.05, 3.63) is 52.9 Å². The Hall–Kier alpha value is -3.53. The van der Waals surface area contributed by atoms with E-state index in [0.29, 0.717) is 22.6 Å². The van der Waals surface area contributed by atoms with Crippen molar-refractivity contribution < 1.29 is 9.53 Å². The van der Waals surface area contributed by atoms with Gasteiger partial charge in [-0.15, -0.1) is 10.2 Å². The highest BCUT2D eigenvalue weighted by Gasteiger charge is 2.29. The minimum atomic E-state index is -0.275. The lowest BCUT2D eigenvalue weighted by Crippen LogP contribution is -2.23. The number of thioether (sulfide) groups is 1. The van der Waals surface area contributed by atoms with E-state index >= 15 is 0 Å². The minimum absolute atomic E-state index is 0.149. The predicted octanol–water partition coefficient (Wildman–Crippen LogP) is 4.61. The van der Waals surface area contributed by atoms with Crippen LogP contribution in [0.25, 0.3) is 22.4 Å². The smallest absolute Gasteiger partial charge is 0.323 e. The molecule has 1 aliphatic carbocycles.